The quantitative estimate of drug-likeness (QED) is 0.394. The summed E-state index contributed by atoms with van der Waals surface area (Å²) in [5.41, 5.74) is 4.66. The summed E-state index contributed by atoms with van der Waals surface area (Å²) in [6.45, 7) is 4.54. The number of hydrogen-bond donors (Lipinski definition) is 3. The molecule has 0 bridgehead atoms. The van der Waals surface area contributed by atoms with E-state index in [1.165, 1.54) is 28.8 Å². The number of nitrogens with one attached hydrogen (secondary N) is 1. The van der Waals surface area contributed by atoms with E-state index in [0.717, 1.165) is 54.3 Å². The minimum absolute atomic E-state index is 0.0568. The first kappa shape index (κ1) is 25.4. The average Bonchev–Trinajstić information content (AvgIpc) is 3.53. The first-order chi connectivity index (χ1) is 17.1. The standard InChI is InChI=1S/C21H23N3OS.C5H11NO3/c25-26(24-12-5-13-24)17-8-9-21(23-10-3-4-11-23)18(15-17)20-14-16-6-1-2-7-19(16)22-20;7-3-1-6(5-9)2-4-8/h1-2,6-9,14-15,22H,3-5,10-13H2;5,7-8H,1-4H2. The number of rotatable bonds is 9. The summed E-state index contributed by atoms with van der Waals surface area (Å²) in [6.07, 6.45) is 4.24. The minimum Gasteiger partial charge on any atom is -0.395 e. The molecule has 2 saturated heterocycles. The van der Waals surface area contributed by atoms with E-state index in [2.05, 4.69) is 52.3 Å². The highest BCUT2D eigenvalue weighted by molar-refractivity contribution is 7.82. The summed E-state index contributed by atoms with van der Waals surface area (Å²) < 4.78 is 14.9. The van der Waals surface area contributed by atoms with Crippen LogP contribution in [0.3, 0.4) is 0 Å². The van der Waals surface area contributed by atoms with Gasteiger partial charge in [-0.1, -0.05) is 18.2 Å². The Labute approximate surface area is 208 Å². The van der Waals surface area contributed by atoms with E-state index in [9.17, 15) is 9.00 Å². The van der Waals surface area contributed by atoms with Crippen molar-refractivity contribution in [1.29, 1.82) is 0 Å². The van der Waals surface area contributed by atoms with Crippen molar-refractivity contribution in [3.05, 3.63) is 48.5 Å². The molecule has 0 spiro atoms. The molecule has 188 valence electrons. The zero-order valence-corrected chi connectivity index (χ0v) is 20.8. The molecule has 2 aliphatic rings. The molecule has 1 unspecified atom stereocenters. The number of carbonyl (C=O) groups excluding carboxylic acids is 1. The number of fused-ring (bicyclic) bond motifs is 1. The van der Waals surface area contributed by atoms with Crippen molar-refractivity contribution >= 4 is 34.0 Å². The molecule has 9 heteroatoms. The molecule has 0 aliphatic carbocycles. The van der Waals surface area contributed by atoms with Crippen LogP contribution in [0.15, 0.2) is 53.4 Å². The van der Waals surface area contributed by atoms with Crippen LogP contribution in [0.4, 0.5) is 5.69 Å². The third kappa shape index (κ3) is 6.10. The Bertz CT molecular complexity index is 1100. The number of aromatic amines is 1. The van der Waals surface area contributed by atoms with E-state index >= 15 is 0 Å². The smallest absolute Gasteiger partial charge is 0.209 e. The van der Waals surface area contributed by atoms with Crippen LogP contribution < -0.4 is 4.90 Å². The highest BCUT2D eigenvalue weighted by Crippen LogP contribution is 2.36. The van der Waals surface area contributed by atoms with E-state index in [1.807, 2.05) is 10.4 Å². The number of H-pyrrole nitrogens is 1. The van der Waals surface area contributed by atoms with E-state index in [0.29, 0.717) is 19.5 Å². The maximum Gasteiger partial charge on any atom is 0.209 e. The van der Waals surface area contributed by atoms with Gasteiger partial charge in [0.25, 0.3) is 0 Å². The lowest BCUT2D eigenvalue weighted by atomic mass is 10.1. The van der Waals surface area contributed by atoms with Gasteiger partial charge in [0.05, 0.1) is 18.1 Å². The van der Waals surface area contributed by atoms with Gasteiger partial charge in [0.1, 0.15) is 11.0 Å². The van der Waals surface area contributed by atoms with Gasteiger partial charge in [-0.2, -0.15) is 0 Å². The fourth-order valence-electron chi connectivity index (χ4n) is 4.37. The van der Waals surface area contributed by atoms with Gasteiger partial charge in [-0.05, 0) is 49.6 Å². The van der Waals surface area contributed by atoms with Crippen molar-refractivity contribution in [2.24, 2.45) is 0 Å². The maximum absolute atomic E-state index is 12.8. The van der Waals surface area contributed by atoms with E-state index in [4.69, 9.17) is 10.2 Å². The third-order valence-corrected chi connectivity index (χ3v) is 7.90. The maximum atomic E-state index is 12.8. The lowest BCUT2D eigenvalue weighted by Crippen LogP contribution is -2.38. The second-order valence-corrected chi connectivity index (χ2v) is 10.2. The monoisotopic (exact) mass is 498 g/mol. The SMILES string of the molecule is O=CN(CCO)CCO.O=S(c1ccc(N2CCCC2)c(-c2cc3ccccc3[nH]2)c1)N1CCC1. The number of carbonyl (C=O) groups is 1. The first-order valence-electron chi connectivity index (χ1n) is 12.2. The van der Waals surface area contributed by atoms with Crippen molar-refractivity contribution in [3.63, 3.8) is 0 Å². The van der Waals surface area contributed by atoms with Gasteiger partial charge < -0.3 is 25.0 Å². The van der Waals surface area contributed by atoms with Crippen LogP contribution in [0.25, 0.3) is 22.2 Å². The van der Waals surface area contributed by atoms with Crippen LogP contribution in [0.5, 0.6) is 0 Å². The number of aliphatic hydroxyl groups is 2. The summed E-state index contributed by atoms with van der Waals surface area (Å²) in [5, 5.41) is 17.8. The molecule has 3 N–H and O–H groups in total. The number of aromatic nitrogens is 1. The highest BCUT2D eigenvalue weighted by atomic mass is 32.2. The minimum atomic E-state index is -1.05. The molecule has 0 saturated carbocycles. The molecular formula is C26H34N4O4S. The summed E-state index contributed by atoms with van der Waals surface area (Å²) in [7, 11) is -1.05. The molecule has 8 nitrogen and oxygen atoms in total. The molecule has 2 fully saturated rings. The number of hydrogen-bond acceptors (Lipinski definition) is 5. The molecule has 5 rings (SSSR count). The second-order valence-electron chi connectivity index (χ2n) is 8.76. The zero-order valence-electron chi connectivity index (χ0n) is 19.9. The number of amides is 1. The lowest BCUT2D eigenvalue weighted by Gasteiger charge is -2.29. The van der Waals surface area contributed by atoms with Crippen molar-refractivity contribution in [3.8, 4) is 11.3 Å². The Hall–Kier alpha value is -2.72. The van der Waals surface area contributed by atoms with Crippen LogP contribution >= 0.6 is 0 Å². The molecule has 1 aromatic heterocycles. The summed E-state index contributed by atoms with van der Waals surface area (Å²) in [5.74, 6) is 0. The highest BCUT2D eigenvalue weighted by Gasteiger charge is 2.24. The molecule has 3 aromatic rings. The normalized spacial score (nSPS) is 16.5. The Balaban J connectivity index is 0.000000277. The van der Waals surface area contributed by atoms with Gasteiger partial charge in [0, 0.05) is 67.1 Å². The third-order valence-electron chi connectivity index (χ3n) is 6.41. The molecular weight excluding hydrogens is 464 g/mol. The van der Waals surface area contributed by atoms with Crippen LogP contribution in [-0.4, -0.2) is 87.5 Å². The summed E-state index contributed by atoms with van der Waals surface area (Å²) in [6, 6.07) is 16.9. The second kappa shape index (κ2) is 12.3. The van der Waals surface area contributed by atoms with E-state index < -0.39 is 11.0 Å². The molecule has 2 aliphatic heterocycles. The first-order valence-corrected chi connectivity index (χ1v) is 13.3. The van der Waals surface area contributed by atoms with E-state index in [1.54, 1.807) is 0 Å². The van der Waals surface area contributed by atoms with Gasteiger partial charge in [0.15, 0.2) is 0 Å². The molecule has 0 radical (unpaired) electrons. The Morgan fingerprint density at radius 2 is 1.66 bits per heavy atom. The zero-order chi connectivity index (χ0) is 24.6. The molecule has 3 heterocycles. The van der Waals surface area contributed by atoms with E-state index in [-0.39, 0.29) is 13.2 Å². The molecule has 35 heavy (non-hydrogen) atoms. The topological polar surface area (TPSA) is 100 Å². The number of benzene rings is 2. The van der Waals surface area contributed by atoms with Crippen LogP contribution in [0, 0.1) is 0 Å². The Kier molecular flexibility index (Phi) is 8.92. The number of para-hydroxylation sites is 1. The lowest BCUT2D eigenvalue weighted by molar-refractivity contribution is -0.119. The van der Waals surface area contributed by atoms with Gasteiger partial charge >= 0.3 is 0 Å². The Morgan fingerprint density at radius 1 is 0.943 bits per heavy atom. The number of anilines is 1. The summed E-state index contributed by atoms with van der Waals surface area (Å²) in [4.78, 5) is 18.2. The molecule has 1 atom stereocenters. The Morgan fingerprint density at radius 3 is 2.26 bits per heavy atom. The van der Waals surface area contributed by atoms with Crippen LogP contribution in [0.1, 0.15) is 19.3 Å². The predicted octanol–water partition coefficient (Wildman–Crippen LogP) is 2.59. The molecule has 2 aromatic carbocycles. The largest absolute Gasteiger partial charge is 0.395 e. The summed E-state index contributed by atoms with van der Waals surface area (Å²) >= 11 is 0. The number of aliphatic hydroxyl groups excluding tert-OH is 2. The average molecular weight is 499 g/mol. The van der Waals surface area contributed by atoms with Crippen LogP contribution in [-0.2, 0) is 15.8 Å². The molecule has 1 amide bonds. The van der Waals surface area contributed by atoms with Gasteiger partial charge in [-0.25, -0.2) is 8.51 Å². The van der Waals surface area contributed by atoms with Crippen molar-refractivity contribution < 1.29 is 19.2 Å². The van der Waals surface area contributed by atoms with Crippen LogP contribution in [0.2, 0.25) is 0 Å². The number of nitrogens with zero attached hydrogens (tertiary/aromatic N) is 3. The fraction of sp³-hybridized carbons (Fsp3) is 0.423. The van der Waals surface area contributed by atoms with Crippen molar-refractivity contribution in [1.82, 2.24) is 14.2 Å². The van der Waals surface area contributed by atoms with Crippen molar-refractivity contribution in [2.75, 3.05) is 57.4 Å². The van der Waals surface area contributed by atoms with Gasteiger partial charge in [-0.3, -0.25) is 4.79 Å². The van der Waals surface area contributed by atoms with Gasteiger partial charge in [0.2, 0.25) is 6.41 Å². The predicted molar refractivity (Wildman–Crippen MR) is 140 cm³/mol. The van der Waals surface area contributed by atoms with Gasteiger partial charge in [-0.15, -0.1) is 0 Å². The fourth-order valence-corrected chi connectivity index (χ4v) is 5.66. The van der Waals surface area contributed by atoms with Crippen molar-refractivity contribution in [2.45, 2.75) is 24.2 Å².